The molecular weight excluding hydrogens is 212 g/mol. The minimum absolute atomic E-state index is 0.188. The Morgan fingerprint density at radius 2 is 2.00 bits per heavy atom. The van der Waals surface area contributed by atoms with Crippen LogP contribution >= 0.6 is 11.6 Å². The lowest BCUT2D eigenvalue weighted by Gasteiger charge is -2.21. The summed E-state index contributed by atoms with van der Waals surface area (Å²) in [7, 11) is 0. The summed E-state index contributed by atoms with van der Waals surface area (Å²) < 4.78 is 0. The fourth-order valence-electron chi connectivity index (χ4n) is 0.968. The zero-order valence-corrected chi connectivity index (χ0v) is 9.64. The molecule has 0 aliphatic heterocycles. The molecule has 82 valence electrons. The highest BCUT2D eigenvalue weighted by Crippen LogP contribution is 2.15. The van der Waals surface area contributed by atoms with Crippen LogP contribution in [0.2, 0.25) is 5.02 Å². The quantitative estimate of drug-likeness (QED) is 0.832. The first-order chi connectivity index (χ1) is 6.95. The van der Waals surface area contributed by atoms with E-state index >= 15 is 0 Å². The molecule has 0 bridgehead atoms. The number of carbonyl (C=O) groups is 1. The molecule has 1 rings (SSSR count). The Hall–Kier alpha value is -1.06. The van der Waals surface area contributed by atoms with E-state index in [1.165, 1.54) is 0 Å². The average Bonchev–Trinajstić information content (AvgIpc) is 2.21. The van der Waals surface area contributed by atoms with Crippen molar-refractivity contribution in [1.29, 1.82) is 0 Å². The van der Waals surface area contributed by atoms with Crippen LogP contribution in [0.5, 0.6) is 0 Å². The van der Waals surface area contributed by atoms with Crippen LogP contribution in [0.25, 0.3) is 0 Å². The highest BCUT2D eigenvalue weighted by Gasteiger charge is 2.25. The van der Waals surface area contributed by atoms with Crippen molar-refractivity contribution in [3.8, 4) is 0 Å². The molecule has 0 aliphatic carbocycles. The molecule has 1 aromatic rings. The van der Waals surface area contributed by atoms with Crippen LogP contribution in [0.15, 0.2) is 24.3 Å². The van der Waals surface area contributed by atoms with Crippen LogP contribution in [0, 0.1) is 0 Å². The molecule has 3 N–H and O–H groups in total. The third-order valence-corrected chi connectivity index (χ3v) is 2.61. The van der Waals surface area contributed by atoms with Gasteiger partial charge in [-0.05, 0) is 37.6 Å². The van der Waals surface area contributed by atoms with Crippen LogP contribution < -0.4 is 11.1 Å². The molecule has 1 unspecified atom stereocenters. The van der Waals surface area contributed by atoms with Gasteiger partial charge in [0.1, 0.15) is 0 Å². The maximum atomic E-state index is 11.7. The number of hydrogen-bond donors (Lipinski definition) is 2. The molecular formula is C11H15ClN2O. The second kappa shape index (κ2) is 4.64. The van der Waals surface area contributed by atoms with Gasteiger partial charge in [0.15, 0.2) is 0 Å². The number of anilines is 1. The van der Waals surface area contributed by atoms with E-state index in [1.54, 1.807) is 31.2 Å². The van der Waals surface area contributed by atoms with Crippen molar-refractivity contribution < 1.29 is 4.79 Å². The summed E-state index contributed by atoms with van der Waals surface area (Å²) in [6.07, 6.45) is 0.590. The van der Waals surface area contributed by atoms with Gasteiger partial charge in [0.2, 0.25) is 5.91 Å². The number of carbonyl (C=O) groups excluding carboxylic acids is 1. The van der Waals surface area contributed by atoms with E-state index in [0.717, 1.165) is 0 Å². The van der Waals surface area contributed by atoms with Gasteiger partial charge in [0.25, 0.3) is 0 Å². The van der Waals surface area contributed by atoms with E-state index in [1.807, 2.05) is 6.92 Å². The number of hydrogen-bond acceptors (Lipinski definition) is 2. The van der Waals surface area contributed by atoms with Crippen molar-refractivity contribution in [2.24, 2.45) is 5.73 Å². The summed E-state index contributed by atoms with van der Waals surface area (Å²) in [4.78, 5) is 11.7. The average molecular weight is 227 g/mol. The van der Waals surface area contributed by atoms with Gasteiger partial charge in [-0.25, -0.2) is 0 Å². The van der Waals surface area contributed by atoms with Gasteiger partial charge in [0, 0.05) is 10.7 Å². The third-order valence-electron chi connectivity index (χ3n) is 2.36. The van der Waals surface area contributed by atoms with Crippen molar-refractivity contribution in [3.05, 3.63) is 29.3 Å². The van der Waals surface area contributed by atoms with Gasteiger partial charge < -0.3 is 11.1 Å². The Kier molecular flexibility index (Phi) is 3.72. The summed E-state index contributed by atoms with van der Waals surface area (Å²) in [6.45, 7) is 3.58. The zero-order chi connectivity index (χ0) is 11.5. The summed E-state index contributed by atoms with van der Waals surface area (Å²) in [5, 5.41) is 3.38. The second-order valence-electron chi connectivity index (χ2n) is 3.73. The zero-order valence-electron chi connectivity index (χ0n) is 8.88. The van der Waals surface area contributed by atoms with Gasteiger partial charge in [-0.3, -0.25) is 4.79 Å². The van der Waals surface area contributed by atoms with Crippen molar-refractivity contribution >= 4 is 23.2 Å². The summed E-state index contributed by atoms with van der Waals surface area (Å²) >= 11 is 5.73. The van der Waals surface area contributed by atoms with E-state index in [-0.39, 0.29) is 5.91 Å². The van der Waals surface area contributed by atoms with Crippen LogP contribution in [-0.2, 0) is 4.79 Å². The van der Waals surface area contributed by atoms with Crippen molar-refractivity contribution in [1.82, 2.24) is 0 Å². The third kappa shape index (κ3) is 3.22. The van der Waals surface area contributed by atoms with Crippen LogP contribution in [0.1, 0.15) is 20.3 Å². The standard InChI is InChI=1S/C11H15ClN2O/c1-3-11(2,13)10(15)14-9-6-4-8(12)5-7-9/h4-7H,3,13H2,1-2H3,(H,14,15). The molecule has 0 fully saturated rings. The van der Waals surface area contributed by atoms with Crippen molar-refractivity contribution in [3.63, 3.8) is 0 Å². The molecule has 0 radical (unpaired) electrons. The van der Waals surface area contributed by atoms with Crippen LogP contribution in [0.3, 0.4) is 0 Å². The SMILES string of the molecule is CCC(C)(N)C(=O)Nc1ccc(Cl)cc1. The smallest absolute Gasteiger partial charge is 0.244 e. The topological polar surface area (TPSA) is 55.1 Å². The van der Waals surface area contributed by atoms with E-state index < -0.39 is 5.54 Å². The lowest BCUT2D eigenvalue weighted by molar-refractivity contribution is -0.120. The highest BCUT2D eigenvalue weighted by atomic mass is 35.5. The minimum atomic E-state index is -0.834. The second-order valence-corrected chi connectivity index (χ2v) is 4.17. The summed E-state index contributed by atoms with van der Waals surface area (Å²) in [5.41, 5.74) is 5.67. The number of rotatable bonds is 3. The van der Waals surface area contributed by atoms with Crippen LogP contribution in [-0.4, -0.2) is 11.4 Å². The van der Waals surface area contributed by atoms with E-state index in [9.17, 15) is 4.79 Å². The lowest BCUT2D eigenvalue weighted by Crippen LogP contribution is -2.47. The number of nitrogens with one attached hydrogen (secondary N) is 1. The number of nitrogens with two attached hydrogens (primary N) is 1. The molecule has 1 atom stereocenters. The molecule has 0 spiro atoms. The fraction of sp³-hybridized carbons (Fsp3) is 0.364. The molecule has 15 heavy (non-hydrogen) atoms. The summed E-state index contributed by atoms with van der Waals surface area (Å²) in [5.74, 6) is -0.188. The molecule has 0 saturated carbocycles. The normalized spacial score (nSPS) is 14.4. The van der Waals surface area contributed by atoms with E-state index in [4.69, 9.17) is 17.3 Å². The Balaban J connectivity index is 2.71. The van der Waals surface area contributed by atoms with Crippen molar-refractivity contribution in [2.75, 3.05) is 5.32 Å². The summed E-state index contributed by atoms with van der Waals surface area (Å²) in [6, 6.07) is 6.92. The Labute approximate surface area is 94.6 Å². The number of amides is 1. The van der Waals surface area contributed by atoms with Crippen LogP contribution in [0.4, 0.5) is 5.69 Å². The first-order valence-electron chi connectivity index (χ1n) is 4.81. The predicted octanol–water partition coefficient (Wildman–Crippen LogP) is 2.41. The molecule has 0 aliphatic rings. The Morgan fingerprint density at radius 3 is 2.47 bits per heavy atom. The van der Waals surface area contributed by atoms with Gasteiger partial charge in [0.05, 0.1) is 5.54 Å². The van der Waals surface area contributed by atoms with E-state index in [0.29, 0.717) is 17.1 Å². The monoisotopic (exact) mass is 226 g/mol. The molecule has 0 heterocycles. The number of benzene rings is 1. The minimum Gasteiger partial charge on any atom is -0.325 e. The van der Waals surface area contributed by atoms with Crippen molar-refractivity contribution in [2.45, 2.75) is 25.8 Å². The first kappa shape index (κ1) is 12.0. The Bertz CT molecular complexity index is 346. The maximum absolute atomic E-state index is 11.7. The predicted molar refractivity (Wildman–Crippen MR) is 63.0 cm³/mol. The molecule has 1 amide bonds. The van der Waals surface area contributed by atoms with E-state index in [2.05, 4.69) is 5.32 Å². The van der Waals surface area contributed by atoms with Gasteiger partial charge >= 0.3 is 0 Å². The largest absolute Gasteiger partial charge is 0.325 e. The molecule has 1 aromatic carbocycles. The Morgan fingerprint density at radius 1 is 1.47 bits per heavy atom. The first-order valence-corrected chi connectivity index (χ1v) is 5.19. The molecule has 0 aromatic heterocycles. The van der Waals surface area contributed by atoms with Gasteiger partial charge in [-0.2, -0.15) is 0 Å². The highest BCUT2D eigenvalue weighted by molar-refractivity contribution is 6.30. The maximum Gasteiger partial charge on any atom is 0.244 e. The molecule has 4 heteroatoms. The molecule has 0 saturated heterocycles. The van der Waals surface area contributed by atoms with Gasteiger partial charge in [-0.1, -0.05) is 18.5 Å². The lowest BCUT2D eigenvalue weighted by atomic mass is 9.99. The fourth-order valence-corrected chi connectivity index (χ4v) is 1.09. The molecule has 3 nitrogen and oxygen atoms in total. The number of halogens is 1. The van der Waals surface area contributed by atoms with Gasteiger partial charge in [-0.15, -0.1) is 0 Å².